The number of rotatable bonds is 4. The van der Waals surface area contributed by atoms with Gasteiger partial charge >= 0.3 is 10.0 Å². The molecule has 1 aliphatic rings. The lowest BCUT2D eigenvalue weighted by molar-refractivity contribution is -0.459. The van der Waals surface area contributed by atoms with E-state index in [9.17, 15) is 13.2 Å². The van der Waals surface area contributed by atoms with Crippen LogP contribution in [0.5, 0.6) is 0 Å². The van der Waals surface area contributed by atoms with Crippen molar-refractivity contribution in [3.63, 3.8) is 0 Å². The van der Waals surface area contributed by atoms with Crippen molar-refractivity contribution in [2.75, 3.05) is 11.9 Å². The lowest BCUT2D eigenvalue weighted by Gasteiger charge is -2.06. The largest absolute Gasteiger partial charge is 0.459 e. The lowest BCUT2D eigenvalue weighted by Crippen LogP contribution is -2.76. The van der Waals surface area contributed by atoms with Crippen molar-refractivity contribution in [1.82, 2.24) is 4.72 Å². The fourth-order valence-corrected chi connectivity index (χ4v) is 3.67. The molecular weight excluding hydrogens is 342 g/mol. The van der Waals surface area contributed by atoms with Crippen molar-refractivity contribution in [3.8, 4) is 0 Å². The van der Waals surface area contributed by atoms with Crippen LogP contribution in [0.1, 0.15) is 36.2 Å². The maximum absolute atomic E-state index is 12.5. The van der Waals surface area contributed by atoms with E-state index in [4.69, 9.17) is 4.42 Å². The summed E-state index contributed by atoms with van der Waals surface area (Å²) in [5.41, 5.74) is 0.487. The number of hydrogen-bond donors (Lipinski definition) is 3. The third kappa shape index (κ3) is 4.48. The molecule has 0 aliphatic carbocycles. The fourth-order valence-electron chi connectivity index (χ4n) is 2.56. The molecule has 1 amide bonds. The van der Waals surface area contributed by atoms with Crippen LogP contribution in [0.25, 0.3) is 0 Å². The second-order valence-electron chi connectivity index (χ2n) is 5.78. The van der Waals surface area contributed by atoms with E-state index in [2.05, 4.69) is 15.0 Å². The van der Waals surface area contributed by atoms with Gasteiger partial charge in [0.05, 0.1) is 12.8 Å². The first-order valence-electron chi connectivity index (χ1n) is 8.12. The van der Waals surface area contributed by atoms with Crippen LogP contribution in [-0.4, -0.2) is 26.7 Å². The van der Waals surface area contributed by atoms with Gasteiger partial charge in [0.15, 0.2) is 5.76 Å². The molecule has 0 fully saturated rings. The van der Waals surface area contributed by atoms with Crippen LogP contribution >= 0.6 is 0 Å². The molecule has 0 unspecified atom stereocenters. The predicted octanol–water partition coefficient (Wildman–Crippen LogP) is 0.863. The van der Waals surface area contributed by atoms with Crippen LogP contribution in [0.15, 0.2) is 52.0 Å². The van der Waals surface area contributed by atoms with Crippen molar-refractivity contribution in [2.45, 2.75) is 30.6 Å². The zero-order valence-electron chi connectivity index (χ0n) is 13.6. The van der Waals surface area contributed by atoms with Gasteiger partial charge in [0.2, 0.25) is 0 Å². The molecule has 1 aliphatic heterocycles. The number of amides is 1. The number of hydrogen-bond acceptors (Lipinski definition) is 4. The van der Waals surface area contributed by atoms with Crippen LogP contribution in [0.2, 0.25) is 0 Å². The molecule has 3 rings (SSSR count). The summed E-state index contributed by atoms with van der Waals surface area (Å²) in [7, 11) is -3.65. The van der Waals surface area contributed by atoms with E-state index in [1.54, 1.807) is 24.3 Å². The standard InChI is InChI=1S/C17H19N3O4S/c21-17(15-5-4-12-24-15)19-13-7-9-14(10-8-13)25(22,23)20-16-6-2-1-3-11-18-16/h4-5,7-10,12H,1-3,6,11H2,(H,18,20)(H,19,21)/p+1. The van der Waals surface area contributed by atoms with Crippen molar-refractivity contribution in [3.05, 3.63) is 48.4 Å². The molecule has 1 aromatic carbocycles. The molecule has 0 spiro atoms. The monoisotopic (exact) mass is 362 g/mol. The minimum Gasteiger partial charge on any atom is -0.459 e. The molecule has 8 heteroatoms. The van der Waals surface area contributed by atoms with Crippen LogP contribution < -0.4 is 15.0 Å². The molecule has 7 nitrogen and oxygen atoms in total. The Balaban J connectivity index is 1.68. The Kier molecular flexibility index (Phi) is 5.18. The third-order valence-electron chi connectivity index (χ3n) is 3.87. The number of amidine groups is 1. The third-order valence-corrected chi connectivity index (χ3v) is 5.27. The minimum absolute atomic E-state index is 0.141. The maximum atomic E-state index is 12.5. The van der Waals surface area contributed by atoms with E-state index in [-0.39, 0.29) is 10.7 Å². The maximum Gasteiger partial charge on any atom is 0.328 e. The summed E-state index contributed by atoms with van der Waals surface area (Å²) in [6.07, 6.45) is 5.19. The highest BCUT2D eigenvalue weighted by Gasteiger charge is 2.23. The van der Waals surface area contributed by atoms with E-state index < -0.39 is 15.9 Å². The summed E-state index contributed by atoms with van der Waals surface area (Å²) in [4.78, 5) is 15.2. The molecule has 0 saturated heterocycles. The number of sulfonamides is 1. The van der Waals surface area contributed by atoms with E-state index >= 15 is 0 Å². The first-order chi connectivity index (χ1) is 12.0. The molecule has 2 heterocycles. The number of carbonyl (C=O) groups excluding carboxylic acids is 1. The first-order valence-corrected chi connectivity index (χ1v) is 9.60. The normalized spacial score (nSPS) is 15.1. The summed E-state index contributed by atoms with van der Waals surface area (Å²) >= 11 is 0. The molecule has 3 N–H and O–H groups in total. The quantitative estimate of drug-likeness (QED) is 0.751. The van der Waals surface area contributed by atoms with Gasteiger partial charge < -0.3 is 9.73 Å². The molecule has 1 aromatic heterocycles. The Morgan fingerprint density at radius 2 is 1.88 bits per heavy atom. The molecule has 0 radical (unpaired) electrons. The summed E-state index contributed by atoms with van der Waals surface area (Å²) in [5.74, 6) is 0.429. The van der Waals surface area contributed by atoms with Crippen LogP contribution in [0.4, 0.5) is 5.69 Å². The predicted molar refractivity (Wildman–Crippen MR) is 92.7 cm³/mol. The van der Waals surface area contributed by atoms with Gasteiger partial charge in [-0.05, 0) is 55.7 Å². The number of benzene rings is 1. The number of carbonyl (C=O) groups is 1. The van der Waals surface area contributed by atoms with Gasteiger partial charge in [-0.15, -0.1) is 0 Å². The molecule has 0 bridgehead atoms. The average molecular weight is 362 g/mol. The summed E-state index contributed by atoms with van der Waals surface area (Å²) in [6, 6.07) is 9.17. The van der Waals surface area contributed by atoms with Gasteiger partial charge in [-0.1, -0.05) is 0 Å². The Hall–Kier alpha value is -2.61. The van der Waals surface area contributed by atoms with E-state index in [1.807, 2.05) is 0 Å². The first kappa shape index (κ1) is 17.2. The van der Waals surface area contributed by atoms with E-state index in [0.29, 0.717) is 17.9 Å². The number of nitrogens with one attached hydrogen (secondary N) is 3. The molecule has 2 aromatic rings. The van der Waals surface area contributed by atoms with Gasteiger partial charge in [-0.2, -0.15) is 13.1 Å². The topological polar surface area (TPSA) is 102 Å². The van der Waals surface area contributed by atoms with E-state index in [0.717, 1.165) is 25.8 Å². The Bertz CT molecular complexity index is 856. The average Bonchev–Trinajstić information content (AvgIpc) is 3.02. The van der Waals surface area contributed by atoms with Gasteiger partial charge in [-0.3, -0.25) is 9.79 Å². The minimum atomic E-state index is -3.65. The Morgan fingerprint density at radius 1 is 1.08 bits per heavy atom. The van der Waals surface area contributed by atoms with Crippen molar-refractivity contribution in [1.29, 1.82) is 0 Å². The van der Waals surface area contributed by atoms with Crippen molar-refractivity contribution >= 4 is 27.5 Å². The highest BCUT2D eigenvalue weighted by molar-refractivity contribution is 7.90. The fraction of sp³-hybridized carbons (Fsp3) is 0.294. The lowest BCUT2D eigenvalue weighted by atomic mass is 10.2. The highest BCUT2D eigenvalue weighted by Crippen LogP contribution is 2.15. The van der Waals surface area contributed by atoms with Gasteiger partial charge in [0.25, 0.3) is 11.7 Å². The number of furan rings is 1. The molecule has 132 valence electrons. The second kappa shape index (κ2) is 7.52. The summed E-state index contributed by atoms with van der Waals surface area (Å²) in [5, 5.41) is 2.65. The summed E-state index contributed by atoms with van der Waals surface area (Å²) < 4.78 is 32.5. The van der Waals surface area contributed by atoms with Crippen molar-refractivity contribution < 1.29 is 22.6 Å². The zero-order chi connectivity index (χ0) is 17.7. The van der Waals surface area contributed by atoms with Gasteiger partial charge in [-0.25, -0.2) is 0 Å². The zero-order valence-corrected chi connectivity index (χ0v) is 14.4. The molecular formula is C17H20N3O4S+. The Labute approximate surface area is 146 Å². The van der Waals surface area contributed by atoms with Crippen LogP contribution in [0, 0.1) is 0 Å². The van der Waals surface area contributed by atoms with E-state index in [1.165, 1.54) is 18.4 Å². The van der Waals surface area contributed by atoms with Crippen LogP contribution in [-0.2, 0) is 10.0 Å². The van der Waals surface area contributed by atoms with Crippen molar-refractivity contribution in [2.24, 2.45) is 0 Å². The van der Waals surface area contributed by atoms with Gasteiger partial charge in [0, 0.05) is 12.1 Å². The molecule has 0 saturated carbocycles. The highest BCUT2D eigenvalue weighted by atomic mass is 32.2. The molecule has 0 atom stereocenters. The molecule has 25 heavy (non-hydrogen) atoms. The summed E-state index contributed by atoms with van der Waals surface area (Å²) in [6.45, 7) is 0.773. The SMILES string of the molecule is O=C(Nc1ccc(S(=O)(=O)NC2=[NH+]CCCCC2)cc1)c1ccco1. The second-order valence-corrected chi connectivity index (χ2v) is 7.46. The number of anilines is 1. The smallest absolute Gasteiger partial charge is 0.328 e. The van der Waals surface area contributed by atoms with Crippen LogP contribution in [0.3, 0.4) is 0 Å². The Morgan fingerprint density at radius 3 is 2.60 bits per heavy atom. The van der Waals surface area contributed by atoms with Gasteiger partial charge in [0.1, 0.15) is 4.90 Å².